The minimum Gasteiger partial charge on any atom is -0.492 e. The molecule has 0 N–H and O–H groups in total. The second-order valence-corrected chi connectivity index (χ2v) is 7.42. The third kappa shape index (κ3) is 5.51. The van der Waals surface area contributed by atoms with Gasteiger partial charge < -0.3 is 14.2 Å². The van der Waals surface area contributed by atoms with E-state index in [0.717, 1.165) is 11.1 Å². The van der Waals surface area contributed by atoms with Crippen LogP contribution in [0.5, 0.6) is 11.5 Å². The van der Waals surface area contributed by atoms with Crippen molar-refractivity contribution in [2.75, 3.05) is 13.2 Å². The zero-order valence-electron chi connectivity index (χ0n) is 16.9. The Bertz CT molecular complexity index is 764. The van der Waals surface area contributed by atoms with Gasteiger partial charge in [0.15, 0.2) is 0 Å². The molecule has 4 nitrogen and oxygen atoms in total. The Balaban J connectivity index is 1.77. The zero-order chi connectivity index (χ0) is 19.8. The molecule has 1 saturated carbocycles. The molecule has 1 aliphatic carbocycles. The standard InChI is InChI=1S/C24H30O4/c1-3-26-24(25)23-18(2)14-21(27-16-19-10-6-4-7-11-19)15-22(23)28-17-20-12-8-5-9-13-20/h4,6-7,10-11,14-15,20H,3,5,8-9,12-13,16-17H2,1-2H3. The van der Waals surface area contributed by atoms with E-state index in [4.69, 9.17) is 14.2 Å². The molecule has 0 spiro atoms. The van der Waals surface area contributed by atoms with Crippen molar-refractivity contribution in [3.8, 4) is 11.5 Å². The van der Waals surface area contributed by atoms with Crippen LogP contribution in [-0.4, -0.2) is 19.2 Å². The van der Waals surface area contributed by atoms with Gasteiger partial charge in [0.1, 0.15) is 23.7 Å². The van der Waals surface area contributed by atoms with Crippen LogP contribution in [0.1, 0.15) is 60.5 Å². The van der Waals surface area contributed by atoms with Crippen LogP contribution >= 0.6 is 0 Å². The van der Waals surface area contributed by atoms with E-state index < -0.39 is 0 Å². The Morgan fingerprint density at radius 1 is 1.04 bits per heavy atom. The number of aryl methyl sites for hydroxylation is 1. The van der Waals surface area contributed by atoms with E-state index in [1.165, 1.54) is 32.1 Å². The van der Waals surface area contributed by atoms with E-state index in [1.54, 1.807) is 0 Å². The molecule has 0 atom stereocenters. The van der Waals surface area contributed by atoms with Gasteiger partial charge in [-0.2, -0.15) is 0 Å². The van der Waals surface area contributed by atoms with Gasteiger partial charge in [-0.1, -0.05) is 49.6 Å². The van der Waals surface area contributed by atoms with Crippen LogP contribution in [0.2, 0.25) is 0 Å². The van der Waals surface area contributed by atoms with Gasteiger partial charge in [-0.15, -0.1) is 0 Å². The van der Waals surface area contributed by atoms with Crippen molar-refractivity contribution in [3.05, 3.63) is 59.2 Å². The number of hydrogen-bond donors (Lipinski definition) is 0. The molecule has 4 heteroatoms. The molecule has 150 valence electrons. The summed E-state index contributed by atoms with van der Waals surface area (Å²) >= 11 is 0. The molecule has 28 heavy (non-hydrogen) atoms. The molecule has 2 aromatic rings. The van der Waals surface area contributed by atoms with Crippen LogP contribution in [0, 0.1) is 12.8 Å². The van der Waals surface area contributed by atoms with Crippen molar-refractivity contribution in [1.29, 1.82) is 0 Å². The van der Waals surface area contributed by atoms with E-state index in [2.05, 4.69) is 0 Å². The lowest BCUT2D eigenvalue weighted by atomic mass is 9.90. The summed E-state index contributed by atoms with van der Waals surface area (Å²) in [5.41, 5.74) is 2.41. The summed E-state index contributed by atoms with van der Waals surface area (Å²) in [6.07, 6.45) is 6.22. The van der Waals surface area contributed by atoms with Gasteiger partial charge in [0.2, 0.25) is 0 Å². The fraction of sp³-hybridized carbons (Fsp3) is 0.458. The Hall–Kier alpha value is -2.49. The predicted molar refractivity (Wildman–Crippen MR) is 110 cm³/mol. The normalized spacial score (nSPS) is 14.5. The van der Waals surface area contributed by atoms with E-state index in [1.807, 2.05) is 56.3 Å². The van der Waals surface area contributed by atoms with Gasteiger partial charge in [0.25, 0.3) is 0 Å². The minimum absolute atomic E-state index is 0.340. The second kappa shape index (κ2) is 10.2. The van der Waals surface area contributed by atoms with Gasteiger partial charge in [-0.3, -0.25) is 0 Å². The third-order valence-electron chi connectivity index (χ3n) is 5.20. The zero-order valence-corrected chi connectivity index (χ0v) is 16.9. The second-order valence-electron chi connectivity index (χ2n) is 7.42. The number of esters is 1. The Morgan fingerprint density at radius 3 is 2.50 bits per heavy atom. The first-order valence-electron chi connectivity index (χ1n) is 10.3. The maximum atomic E-state index is 12.5. The number of ether oxygens (including phenoxy) is 3. The summed E-state index contributed by atoms with van der Waals surface area (Å²) < 4.78 is 17.4. The average molecular weight is 383 g/mol. The largest absolute Gasteiger partial charge is 0.492 e. The summed E-state index contributed by atoms with van der Waals surface area (Å²) in [4.78, 5) is 12.5. The third-order valence-corrected chi connectivity index (χ3v) is 5.20. The Kier molecular flexibility index (Phi) is 7.35. The monoisotopic (exact) mass is 382 g/mol. The molecule has 0 unspecified atom stereocenters. The molecule has 0 amide bonds. The lowest BCUT2D eigenvalue weighted by Crippen LogP contribution is -2.17. The van der Waals surface area contributed by atoms with Crippen molar-refractivity contribution < 1.29 is 19.0 Å². The lowest BCUT2D eigenvalue weighted by molar-refractivity contribution is 0.0519. The van der Waals surface area contributed by atoms with Crippen LogP contribution in [0.25, 0.3) is 0 Å². The van der Waals surface area contributed by atoms with Crippen LogP contribution in [0.3, 0.4) is 0 Å². The smallest absolute Gasteiger partial charge is 0.342 e. The predicted octanol–water partition coefficient (Wildman–Crippen LogP) is 5.71. The molecule has 3 rings (SSSR count). The van der Waals surface area contributed by atoms with Gasteiger partial charge in [0.05, 0.1) is 13.2 Å². The minimum atomic E-state index is -0.340. The number of carbonyl (C=O) groups excluding carboxylic acids is 1. The topological polar surface area (TPSA) is 44.8 Å². The van der Waals surface area contributed by atoms with Crippen molar-refractivity contribution >= 4 is 5.97 Å². The lowest BCUT2D eigenvalue weighted by Gasteiger charge is -2.23. The van der Waals surface area contributed by atoms with Crippen LogP contribution in [-0.2, 0) is 11.3 Å². The molecule has 0 radical (unpaired) electrons. The average Bonchev–Trinajstić information content (AvgIpc) is 2.72. The molecule has 0 aromatic heterocycles. The number of benzene rings is 2. The van der Waals surface area contributed by atoms with Crippen molar-refractivity contribution in [3.63, 3.8) is 0 Å². The first kappa shape index (κ1) is 20.2. The highest BCUT2D eigenvalue weighted by Crippen LogP contribution is 2.32. The Labute approximate surface area is 167 Å². The summed E-state index contributed by atoms with van der Waals surface area (Å²) in [5, 5.41) is 0. The summed E-state index contributed by atoms with van der Waals surface area (Å²) in [6.45, 7) is 5.16. The van der Waals surface area contributed by atoms with Crippen molar-refractivity contribution in [2.24, 2.45) is 5.92 Å². The summed E-state index contributed by atoms with van der Waals surface area (Å²) in [6, 6.07) is 13.7. The number of rotatable bonds is 8. The maximum Gasteiger partial charge on any atom is 0.342 e. The van der Waals surface area contributed by atoms with Crippen LogP contribution < -0.4 is 9.47 Å². The molecule has 0 heterocycles. The van der Waals surface area contributed by atoms with E-state index in [9.17, 15) is 4.79 Å². The van der Waals surface area contributed by atoms with Gasteiger partial charge in [0, 0.05) is 6.07 Å². The maximum absolute atomic E-state index is 12.5. The fourth-order valence-electron chi connectivity index (χ4n) is 3.69. The van der Waals surface area contributed by atoms with E-state index in [-0.39, 0.29) is 5.97 Å². The van der Waals surface area contributed by atoms with Crippen LogP contribution in [0.15, 0.2) is 42.5 Å². The Morgan fingerprint density at radius 2 is 1.79 bits per heavy atom. The molecular formula is C24H30O4. The first-order chi connectivity index (χ1) is 13.7. The van der Waals surface area contributed by atoms with Gasteiger partial charge in [-0.05, 0) is 49.8 Å². The van der Waals surface area contributed by atoms with Crippen molar-refractivity contribution in [2.45, 2.75) is 52.6 Å². The number of carbonyl (C=O) groups is 1. The highest BCUT2D eigenvalue weighted by molar-refractivity contribution is 5.94. The highest BCUT2D eigenvalue weighted by Gasteiger charge is 2.21. The van der Waals surface area contributed by atoms with Crippen molar-refractivity contribution in [1.82, 2.24) is 0 Å². The molecule has 0 aliphatic heterocycles. The molecule has 1 aliphatic rings. The summed E-state index contributed by atoms with van der Waals surface area (Å²) in [5.74, 6) is 1.48. The molecule has 0 saturated heterocycles. The van der Waals surface area contributed by atoms with Gasteiger partial charge >= 0.3 is 5.97 Å². The molecular weight excluding hydrogens is 352 g/mol. The molecule has 2 aromatic carbocycles. The van der Waals surface area contributed by atoms with Crippen LogP contribution in [0.4, 0.5) is 0 Å². The fourth-order valence-corrected chi connectivity index (χ4v) is 3.69. The number of hydrogen-bond acceptors (Lipinski definition) is 4. The molecule has 0 bridgehead atoms. The van der Waals surface area contributed by atoms with Gasteiger partial charge in [-0.25, -0.2) is 4.79 Å². The highest BCUT2D eigenvalue weighted by atomic mass is 16.5. The van der Waals surface area contributed by atoms with E-state index in [0.29, 0.717) is 42.8 Å². The quantitative estimate of drug-likeness (QED) is 0.549. The SMILES string of the molecule is CCOC(=O)c1c(C)cc(OCc2ccccc2)cc1OCC1CCCCC1. The summed E-state index contributed by atoms with van der Waals surface area (Å²) in [7, 11) is 0. The molecule has 1 fully saturated rings. The first-order valence-corrected chi connectivity index (χ1v) is 10.3. The van der Waals surface area contributed by atoms with E-state index >= 15 is 0 Å².